The summed E-state index contributed by atoms with van der Waals surface area (Å²) in [4.78, 5) is 2.61. The lowest BCUT2D eigenvalue weighted by Crippen LogP contribution is -2.41. The summed E-state index contributed by atoms with van der Waals surface area (Å²) in [6.07, 6.45) is 3.86. The monoisotopic (exact) mass is 244 g/mol. The van der Waals surface area contributed by atoms with Crippen molar-refractivity contribution in [1.29, 1.82) is 0 Å². The van der Waals surface area contributed by atoms with Gasteiger partial charge in [0.05, 0.1) is 0 Å². The van der Waals surface area contributed by atoms with Crippen molar-refractivity contribution in [3.63, 3.8) is 0 Å². The maximum Gasteiger partial charge on any atom is 0.0414 e. The SMILES string of the molecule is CC1(C)CCCN(c2cccc3c2CNCC3)C1. The predicted octanol–water partition coefficient (Wildman–Crippen LogP) is 2.96. The molecule has 2 aliphatic rings. The molecule has 0 amide bonds. The molecular weight excluding hydrogens is 220 g/mol. The Bertz CT molecular complexity index is 437. The zero-order chi connectivity index (χ0) is 12.6. The van der Waals surface area contributed by atoms with Crippen LogP contribution in [-0.2, 0) is 13.0 Å². The molecule has 2 nitrogen and oxygen atoms in total. The summed E-state index contributed by atoms with van der Waals surface area (Å²) in [5, 5.41) is 3.51. The van der Waals surface area contributed by atoms with Gasteiger partial charge in [0, 0.05) is 25.3 Å². The molecule has 0 saturated carbocycles. The number of hydrogen-bond acceptors (Lipinski definition) is 2. The van der Waals surface area contributed by atoms with E-state index >= 15 is 0 Å². The second-order valence-electron chi connectivity index (χ2n) is 6.53. The van der Waals surface area contributed by atoms with Gasteiger partial charge in [0.1, 0.15) is 0 Å². The predicted molar refractivity (Wildman–Crippen MR) is 77.1 cm³/mol. The topological polar surface area (TPSA) is 15.3 Å². The van der Waals surface area contributed by atoms with E-state index in [9.17, 15) is 0 Å². The molecule has 18 heavy (non-hydrogen) atoms. The molecule has 0 bridgehead atoms. The van der Waals surface area contributed by atoms with Crippen LogP contribution in [0.15, 0.2) is 18.2 Å². The van der Waals surface area contributed by atoms with Crippen molar-refractivity contribution in [2.75, 3.05) is 24.5 Å². The molecule has 3 rings (SSSR count). The zero-order valence-corrected chi connectivity index (χ0v) is 11.6. The van der Waals surface area contributed by atoms with Crippen LogP contribution in [0, 0.1) is 5.41 Å². The first-order valence-electron chi connectivity index (χ1n) is 7.22. The molecule has 0 aromatic heterocycles. The molecule has 0 unspecified atom stereocenters. The minimum Gasteiger partial charge on any atom is -0.371 e. The van der Waals surface area contributed by atoms with Crippen molar-refractivity contribution in [2.24, 2.45) is 5.41 Å². The van der Waals surface area contributed by atoms with Crippen LogP contribution in [0.2, 0.25) is 0 Å². The van der Waals surface area contributed by atoms with Crippen molar-refractivity contribution >= 4 is 5.69 Å². The summed E-state index contributed by atoms with van der Waals surface area (Å²) in [7, 11) is 0. The van der Waals surface area contributed by atoms with Gasteiger partial charge in [0.25, 0.3) is 0 Å². The highest BCUT2D eigenvalue weighted by molar-refractivity contribution is 5.58. The van der Waals surface area contributed by atoms with E-state index < -0.39 is 0 Å². The third kappa shape index (κ3) is 2.26. The fraction of sp³-hybridized carbons (Fsp3) is 0.625. The first kappa shape index (κ1) is 12.0. The molecule has 0 radical (unpaired) electrons. The summed E-state index contributed by atoms with van der Waals surface area (Å²) in [6, 6.07) is 6.85. The number of anilines is 1. The van der Waals surface area contributed by atoms with Crippen LogP contribution in [-0.4, -0.2) is 19.6 Å². The summed E-state index contributed by atoms with van der Waals surface area (Å²) in [5.74, 6) is 0. The van der Waals surface area contributed by atoms with Gasteiger partial charge in [-0.25, -0.2) is 0 Å². The summed E-state index contributed by atoms with van der Waals surface area (Å²) >= 11 is 0. The third-order valence-electron chi connectivity index (χ3n) is 4.36. The van der Waals surface area contributed by atoms with Gasteiger partial charge in [0.2, 0.25) is 0 Å². The quantitative estimate of drug-likeness (QED) is 0.817. The first-order valence-corrected chi connectivity index (χ1v) is 7.22. The lowest BCUT2D eigenvalue weighted by Gasteiger charge is -2.41. The number of rotatable bonds is 1. The summed E-state index contributed by atoms with van der Waals surface area (Å²) in [5.41, 5.74) is 5.03. The fourth-order valence-electron chi connectivity index (χ4n) is 3.42. The maximum atomic E-state index is 3.51. The molecule has 2 aliphatic heterocycles. The van der Waals surface area contributed by atoms with E-state index in [2.05, 4.69) is 42.3 Å². The molecule has 0 atom stereocenters. The van der Waals surface area contributed by atoms with Crippen molar-refractivity contribution < 1.29 is 0 Å². The Morgan fingerprint density at radius 3 is 3.00 bits per heavy atom. The highest BCUT2D eigenvalue weighted by Crippen LogP contribution is 2.34. The lowest BCUT2D eigenvalue weighted by atomic mass is 9.83. The van der Waals surface area contributed by atoms with Crippen LogP contribution in [0.25, 0.3) is 0 Å². The van der Waals surface area contributed by atoms with E-state index in [0.29, 0.717) is 5.41 Å². The highest BCUT2D eigenvalue weighted by atomic mass is 15.1. The van der Waals surface area contributed by atoms with E-state index in [1.54, 1.807) is 11.1 Å². The number of nitrogens with one attached hydrogen (secondary N) is 1. The number of fused-ring (bicyclic) bond motifs is 1. The van der Waals surface area contributed by atoms with E-state index in [4.69, 9.17) is 0 Å². The molecule has 1 N–H and O–H groups in total. The molecule has 1 aromatic rings. The van der Waals surface area contributed by atoms with Gasteiger partial charge in [-0.05, 0) is 48.4 Å². The molecule has 1 aromatic carbocycles. The molecule has 0 aliphatic carbocycles. The smallest absolute Gasteiger partial charge is 0.0414 e. The van der Waals surface area contributed by atoms with Crippen LogP contribution in [0.4, 0.5) is 5.69 Å². The molecule has 2 heteroatoms. The molecule has 98 valence electrons. The van der Waals surface area contributed by atoms with Crippen molar-refractivity contribution in [3.8, 4) is 0 Å². The van der Waals surface area contributed by atoms with Crippen molar-refractivity contribution in [1.82, 2.24) is 5.32 Å². The van der Waals surface area contributed by atoms with Crippen LogP contribution in [0.5, 0.6) is 0 Å². The third-order valence-corrected chi connectivity index (χ3v) is 4.36. The average Bonchev–Trinajstić information content (AvgIpc) is 2.37. The highest BCUT2D eigenvalue weighted by Gasteiger charge is 2.28. The van der Waals surface area contributed by atoms with E-state index in [-0.39, 0.29) is 0 Å². The Kier molecular flexibility index (Phi) is 3.06. The lowest BCUT2D eigenvalue weighted by molar-refractivity contribution is 0.292. The number of hydrogen-bond donors (Lipinski definition) is 1. The van der Waals surface area contributed by atoms with Gasteiger partial charge >= 0.3 is 0 Å². The normalized spacial score (nSPS) is 22.7. The van der Waals surface area contributed by atoms with Gasteiger partial charge < -0.3 is 10.2 Å². The van der Waals surface area contributed by atoms with Crippen LogP contribution in [0.3, 0.4) is 0 Å². The van der Waals surface area contributed by atoms with Gasteiger partial charge in [0.15, 0.2) is 0 Å². The number of benzene rings is 1. The van der Waals surface area contributed by atoms with Gasteiger partial charge in [-0.15, -0.1) is 0 Å². The fourth-order valence-corrected chi connectivity index (χ4v) is 3.42. The van der Waals surface area contributed by atoms with E-state index in [1.165, 1.54) is 38.0 Å². The summed E-state index contributed by atoms with van der Waals surface area (Å²) < 4.78 is 0. The van der Waals surface area contributed by atoms with Crippen LogP contribution in [0.1, 0.15) is 37.8 Å². The molecular formula is C16H24N2. The minimum atomic E-state index is 0.461. The first-order chi connectivity index (χ1) is 8.66. The van der Waals surface area contributed by atoms with Crippen molar-refractivity contribution in [2.45, 2.75) is 39.7 Å². The second kappa shape index (κ2) is 4.58. The second-order valence-corrected chi connectivity index (χ2v) is 6.53. The Hall–Kier alpha value is -1.02. The van der Waals surface area contributed by atoms with Crippen molar-refractivity contribution in [3.05, 3.63) is 29.3 Å². The zero-order valence-electron chi connectivity index (χ0n) is 11.6. The average molecular weight is 244 g/mol. The molecule has 2 heterocycles. The Balaban J connectivity index is 1.92. The van der Waals surface area contributed by atoms with Crippen LogP contribution >= 0.6 is 0 Å². The Morgan fingerprint density at radius 1 is 1.28 bits per heavy atom. The molecule has 1 saturated heterocycles. The standard InChI is InChI=1S/C16H24N2/c1-16(2)8-4-10-18(12-16)15-6-3-5-13-7-9-17-11-14(13)15/h3,5-6,17H,4,7-12H2,1-2H3. The van der Waals surface area contributed by atoms with Crippen LogP contribution < -0.4 is 10.2 Å². The largest absolute Gasteiger partial charge is 0.371 e. The van der Waals surface area contributed by atoms with E-state index in [1.807, 2.05) is 0 Å². The van der Waals surface area contributed by atoms with Gasteiger partial charge in [-0.1, -0.05) is 26.0 Å². The molecule has 1 fully saturated rings. The summed E-state index contributed by atoms with van der Waals surface area (Å²) in [6.45, 7) is 9.38. The minimum absolute atomic E-state index is 0.461. The van der Waals surface area contributed by atoms with E-state index in [0.717, 1.165) is 13.1 Å². The number of piperidine rings is 1. The number of nitrogens with zero attached hydrogens (tertiary/aromatic N) is 1. The molecule has 0 spiro atoms. The maximum absolute atomic E-state index is 3.51. The Labute approximate surface area is 110 Å². The van der Waals surface area contributed by atoms with Gasteiger partial charge in [-0.2, -0.15) is 0 Å². The van der Waals surface area contributed by atoms with Gasteiger partial charge in [-0.3, -0.25) is 0 Å². The Morgan fingerprint density at radius 2 is 2.17 bits per heavy atom.